The van der Waals surface area contributed by atoms with Crippen molar-refractivity contribution >= 4 is 6.09 Å². The van der Waals surface area contributed by atoms with Crippen LogP contribution >= 0.6 is 0 Å². The van der Waals surface area contributed by atoms with Gasteiger partial charge in [0, 0.05) is 24.0 Å². The summed E-state index contributed by atoms with van der Waals surface area (Å²) in [6.45, 7) is 10.9. The molecule has 2 rings (SSSR count). The number of ether oxygens (including phenoxy) is 2. The minimum atomic E-state index is -0.456. The largest absolute Gasteiger partial charge is 0.463 e. The lowest BCUT2D eigenvalue weighted by molar-refractivity contribution is 0.00819. The quantitative estimate of drug-likeness (QED) is 0.751. The van der Waals surface area contributed by atoms with Crippen molar-refractivity contribution in [2.24, 2.45) is 0 Å². The smallest absolute Gasteiger partial charge is 0.410 e. The second kappa shape index (κ2) is 8.50. The molecule has 6 heteroatoms. The Kier molecular flexibility index (Phi) is 6.62. The van der Waals surface area contributed by atoms with Gasteiger partial charge in [-0.15, -0.1) is 0 Å². The van der Waals surface area contributed by atoms with Crippen molar-refractivity contribution in [1.29, 1.82) is 0 Å². The third-order valence-electron chi connectivity index (χ3n) is 4.13. The van der Waals surface area contributed by atoms with Crippen LogP contribution in [0.2, 0.25) is 0 Å². The van der Waals surface area contributed by atoms with E-state index in [4.69, 9.17) is 9.47 Å². The van der Waals surface area contributed by atoms with Gasteiger partial charge in [0.25, 0.3) is 0 Å². The first-order valence-electron chi connectivity index (χ1n) is 9.19. The number of amides is 1. The molecule has 0 aliphatic carbocycles. The zero-order valence-corrected chi connectivity index (χ0v) is 16.2. The van der Waals surface area contributed by atoms with Gasteiger partial charge in [0.15, 0.2) is 0 Å². The van der Waals surface area contributed by atoms with Crippen molar-refractivity contribution in [3.05, 3.63) is 17.5 Å². The summed E-state index contributed by atoms with van der Waals surface area (Å²) in [5.74, 6) is 0. The van der Waals surface area contributed by atoms with Crippen LogP contribution in [0.3, 0.4) is 0 Å². The highest BCUT2D eigenvalue weighted by molar-refractivity contribution is 5.68. The van der Waals surface area contributed by atoms with Crippen molar-refractivity contribution in [2.75, 3.05) is 13.2 Å². The van der Waals surface area contributed by atoms with E-state index in [0.717, 1.165) is 50.0 Å². The Morgan fingerprint density at radius 2 is 1.92 bits per heavy atom. The van der Waals surface area contributed by atoms with Crippen LogP contribution in [0.4, 0.5) is 4.79 Å². The summed E-state index contributed by atoms with van der Waals surface area (Å²) in [6, 6.07) is 2.59. The highest BCUT2D eigenvalue weighted by Gasteiger charge is 2.30. The minimum absolute atomic E-state index is 0.198. The van der Waals surface area contributed by atoms with Crippen molar-refractivity contribution < 1.29 is 14.3 Å². The Morgan fingerprint density at radius 1 is 1.24 bits per heavy atom. The maximum absolute atomic E-state index is 12.4. The van der Waals surface area contributed by atoms with Crippen LogP contribution < -0.4 is 4.74 Å². The Morgan fingerprint density at radius 3 is 2.56 bits per heavy atom. The molecule has 0 spiro atoms. The Hall–Kier alpha value is -1.85. The topological polar surface area (TPSA) is 64.5 Å². The molecule has 1 aromatic heterocycles. The molecule has 0 unspecified atom stereocenters. The summed E-state index contributed by atoms with van der Waals surface area (Å²) in [5.41, 5.74) is 1.36. The summed E-state index contributed by atoms with van der Waals surface area (Å²) in [6.07, 6.45) is 4.80. The lowest BCUT2D eigenvalue weighted by Crippen LogP contribution is -2.46. The zero-order chi connectivity index (χ0) is 18.4. The molecule has 140 valence electrons. The third-order valence-corrected chi connectivity index (χ3v) is 4.13. The molecule has 0 N–H and O–H groups in total. The van der Waals surface area contributed by atoms with Crippen molar-refractivity contribution in [1.82, 2.24) is 14.9 Å². The molecule has 1 saturated heterocycles. The van der Waals surface area contributed by atoms with Crippen LogP contribution in [0.1, 0.15) is 64.3 Å². The standard InChI is InChI=1S/C19H31N3O3/c1-14-13-15(2)21-17(20-14)24-12-8-10-16-9-6-7-11-22(16)18(23)25-19(3,4)5/h13,16H,6-12H2,1-5H3/t16-/m0/s1. The molecule has 0 radical (unpaired) electrons. The fraction of sp³-hybridized carbons (Fsp3) is 0.737. The monoisotopic (exact) mass is 349 g/mol. The minimum Gasteiger partial charge on any atom is -0.463 e. The van der Waals surface area contributed by atoms with E-state index in [9.17, 15) is 4.79 Å². The molecule has 6 nitrogen and oxygen atoms in total. The van der Waals surface area contributed by atoms with Gasteiger partial charge < -0.3 is 14.4 Å². The van der Waals surface area contributed by atoms with Crippen LogP contribution in [0.5, 0.6) is 6.01 Å². The van der Waals surface area contributed by atoms with Crippen molar-refractivity contribution in [3.63, 3.8) is 0 Å². The number of hydrogen-bond acceptors (Lipinski definition) is 5. The van der Waals surface area contributed by atoms with Crippen LogP contribution in [0.25, 0.3) is 0 Å². The second-order valence-electron chi connectivity index (χ2n) is 7.75. The van der Waals surface area contributed by atoms with Gasteiger partial charge in [0.05, 0.1) is 6.61 Å². The van der Waals surface area contributed by atoms with Gasteiger partial charge >= 0.3 is 12.1 Å². The fourth-order valence-corrected chi connectivity index (χ4v) is 3.10. The average Bonchev–Trinajstić information content (AvgIpc) is 2.49. The van der Waals surface area contributed by atoms with E-state index in [1.807, 2.05) is 45.6 Å². The van der Waals surface area contributed by atoms with E-state index >= 15 is 0 Å². The molecule has 1 aliphatic heterocycles. The van der Waals surface area contributed by atoms with Gasteiger partial charge in [-0.3, -0.25) is 0 Å². The maximum Gasteiger partial charge on any atom is 0.410 e. The molecule has 1 atom stereocenters. The summed E-state index contributed by atoms with van der Waals surface area (Å²) < 4.78 is 11.2. The van der Waals surface area contributed by atoms with Gasteiger partial charge in [-0.05, 0) is 72.8 Å². The molecule has 0 saturated carbocycles. The van der Waals surface area contributed by atoms with Crippen LogP contribution in [0, 0.1) is 13.8 Å². The van der Waals surface area contributed by atoms with Crippen LogP contribution in [-0.4, -0.2) is 45.8 Å². The summed E-state index contributed by atoms with van der Waals surface area (Å²) >= 11 is 0. The molecule has 25 heavy (non-hydrogen) atoms. The molecule has 1 amide bonds. The van der Waals surface area contributed by atoms with Gasteiger partial charge in [0.1, 0.15) is 5.60 Å². The molecule has 1 aliphatic rings. The number of piperidine rings is 1. The third kappa shape index (κ3) is 6.52. The highest BCUT2D eigenvalue weighted by atomic mass is 16.6. The van der Waals surface area contributed by atoms with E-state index in [0.29, 0.717) is 12.6 Å². The van der Waals surface area contributed by atoms with E-state index in [1.165, 1.54) is 0 Å². The lowest BCUT2D eigenvalue weighted by atomic mass is 9.98. The predicted molar refractivity (Wildman–Crippen MR) is 96.8 cm³/mol. The second-order valence-corrected chi connectivity index (χ2v) is 7.75. The average molecular weight is 349 g/mol. The number of hydrogen-bond donors (Lipinski definition) is 0. The van der Waals surface area contributed by atoms with Gasteiger partial charge in [-0.25, -0.2) is 14.8 Å². The first-order valence-corrected chi connectivity index (χ1v) is 9.19. The Bertz CT molecular complexity index is 564. The summed E-state index contributed by atoms with van der Waals surface area (Å²) in [7, 11) is 0. The van der Waals surface area contributed by atoms with Crippen molar-refractivity contribution in [2.45, 2.75) is 78.4 Å². The summed E-state index contributed by atoms with van der Waals surface area (Å²) in [5, 5.41) is 0. The normalized spacial score (nSPS) is 18.1. The molecular weight excluding hydrogens is 318 g/mol. The first kappa shape index (κ1) is 19.5. The molecule has 1 fully saturated rings. The van der Waals surface area contributed by atoms with E-state index in [1.54, 1.807) is 0 Å². The number of aromatic nitrogens is 2. The SMILES string of the molecule is Cc1cc(C)nc(OCCC[C@@H]2CCCCN2C(=O)OC(C)(C)C)n1. The van der Waals surface area contributed by atoms with Gasteiger partial charge in [-0.2, -0.15) is 0 Å². The van der Waals surface area contributed by atoms with Crippen LogP contribution in [0.15, 0.2) is 6.07 Å². The van der Waals surface area contributed by atoms with Crippen molar-refractivity contribution in [3.8, 4) is 6.01 Å². The highest BCUT2D eigenvalue weighted by Crippen LogP contribution is 2.23. The first-order chi connectivity index (χ1) is 11.7. The molecular formula is C19H31N3O3. The number of likely N-dealkylation sites (tertiary alicyclic amines) is 1. The van der Waals surface area contributed by atoms with E-state index in [2.05, 4.69) is 9.97 Å². The van der Waals surface area contributed by atoms with E-state index in [-0.39, 0.29) is 12.1 Å². The number of rotatable bonds is 5. The Labute approximate surface area is 150 Å². The lowest BCUT2D eigenvalue weighted by Gasteiger charge is -2.36. The van der Waals surface area contributed by atoms with Gasteiger partial charge in [-0.1, -0.05) is 0 Å². The molecule has 0 aromatic carbocycles. The molecule has 1 aromatic rings. The van der Waals surface area contributed by atoms with Crippen LogP contribution in [-0.2, 0) is 4.74 Å². The number of nitrogens with zero attached hydrogens (tertiary/aromatic N) is 3. The summed E-state index contributed by atoms with van der Waals surface area (Å²) in [4.78, 5) is 22.9. The molecule has 0 bridgehead atoms. The molecule has 2 heterocycles. The van der Waals surface area contributed by atoms with Gasteiger partial charge in [0.2, 0.25) is 0 Å². The zero-order valence-electron chi connectivity index (χ0n) is 16.2. The Balaban J connectivity index is 1.82. The number of aryl methyl sites for hydroxylation is 2. The fourth-order valence-electron chi connectivity index (χ4n) is 3.10. The number of carbonyl (C=O) groups excluding carboxylic acids is 1. The van der Waals surface area contributed by atoms with E-state index < -0.39 is 5.60 Å². The number of carbonyl (C=O) groups is 1. The predicted octanol–water partition coefficient (Wildman–Crippen LogP) is 4.04. The maximum atomic E-state index is 12.4.